The van der Waals surface area contributed by atoms with Crippen LogP contribution in [0.15, 0.2) is 85.6 Å². The van der Waals surface area contributed by atoms with E-state index in [1.165, 1.54) is 121 Å². The number of fused-ring (bicyclic) bond motifs is 6. The second kappa shape index (κ2) is 38.2. The Bertz CT molecular complexity index is 3610. The summed E-state index contributed by atoms with van der Waals surface area (Å²) in [7, 11) is -3.01. The first-order valence-corrected chi connectivity index (χ1v) is 39.2. The van der Waals surface area contributed by atoms with Gasteiger partial charge in [-0.3, -0.25) is 10.1 Å². The molecule has 0 saturated carbocycles. The van der Waals surface area contributed by atoms with Gasteiger partial charge < -0.3 is 0 Å². The summed E-state index contributed by atoms with van der Waals surface area (Å²) in [6, 6.07) is 17.7. The molecule has 0 unspecified atom stereocenters. The fourth-order valence-corrected chi connectivity index (χ4v) is 23.0. The molecule has 0 aliphatic rings. The molecule has 0 amide bonds. The van der Waals surface area contributed by atoms with Crippen LogP contribution in [0.25, 0.3) is 56.4 Å². The predicted octanol–water partition coefficient (Wildman–Crippen LogP) is 27.3. The third-order valence-corrected chi connectivity index (χ3v) is 27.3. The third kappa shape index (κ3) is 21.1. The van der Waals surface area contributed by atoms with Gasteiger partial charge in [-0.1, -0.05) is 94.4 Å². The highest BCUT2D eigenvalue weighted by Gasteiger charge is 2.14. The quantitative estimate of drug-likeness (QED) is 0.127. The molecule has 426 valence electrons. The molecule has 6 nitrogen and oxygen atoms in total. The third-order valence-electron chi connectivity index (χ3n) is 9.40. The lowest BCUT2D eigenvalue weighted by Crippen LogP contribution is -1.91. The maximum Gasteiger partial charge on any atom is 0.326 e. The minimum Gasteiger partial charge on any atom is -0.258 e. The molecule has 0 aliphatic carbocycles. The highest BCUT2D eigenvalue weighted by molar-refractivity contribution is 9.11. The zero-order valence-electron chi connectivity index (χ0n) is 47.4. The summed E-state index contributed by atoms with van der Waals surface area (Å²) >= 11 is 30.6. The van der Waals surface area contributed by atoms with E-state index in [0.29, 0.717) is 4.21 Å². The van der Waals surface area contributed by atoms with Crippen LogP contribution in [0.5, 0.6) is 0 Å². The van der Waals surface area contributed by atoms with Gasteiger partial charge in [0.25, 0.3) is 0 Å². The minimum absolute atomic E-state index is 0.229. The Kier molecular flexibility index (Phi) is 36.3. The molecule has 12 rings (SSSR count). The first-order valence-electron chi connectivity index (χ1n) is 24.9. The zero-order chi connectivity index (χ0) is 59.6. The van der Waals surface area contributed by atoms with Crippen molar-refractivity contribution in [2.45, 2.75) is 129 Å². The minimum atomic E-state index is -3.01. The van der Waals surface area contributed by atoms with Crippen molar-refractivity contribution < 1.29 is 13.3 Å². The van der Waals surface area contributed by atoms with Crippen LogP contribution in [-0.4, -0.2) is 19.6 Å². The molecule has 0 atom stereocenters. The number of aryl methyl sites for hydroxylation is 6. The van der Waals surface area contributed by atoms with E-state index in [2.05, 4.69) is 113 Å². The highest BCUT2D eigenvalue weighted by atomic mass is 79.9. The van der Waals surface area contributed by atoms with Gasteiger partial charge in [0, 0.05) is 54.4 Å². The number of rotatable bonds is 2. The summed E-state index contributed by atoms with van der Waals surface area (Å²) in [6.07, 6.45) is 1.24. The first kappa shape index (κ1) is 74.3. The SMILES string of the molecule is CC.CC.CC.CC.CC.CC.CS(=O)(=O)c1cc2ccsc2s1.Cc1cc2c(C)c(Br)sc2s1.Cc1csc2sc(Br)c(C)c12.Cc1sc2sc(Br)cc2c1C.N#Cc1cc2ccsc2s1.O=[N+]([O-])c1cc2ccsc2s1. The summed E-state index contributed by atoms with van der Waals surface area (Å²) in [6.45, 7) is 37.0. The van der Waals surface area contributed by atoms with Gasteiger partial charge in [-0.05, 0) is 176 Å². The van der Waals surface area contributed by atoms with E-state index in [0.717, 1.165) is 23.7 Å². The normalized spacial score (nSPS) is 9.86. The monoisotopic (exact) mass is 1490 g/mol. The van der Waals surface area contributed by atoms with Crippen molar-refractivity contribution >= 4 is 255 Å². The van der Waals surface area contributed by atoms with Crippen molar-refractivity contribution in [2.75, 3.05) is 6.26 Å². The molecule has 0 saturated heterocycles. The topological polar surface area (TPSA) is 101 Å². The van der Waals surface area contributed by atoms with E-state index in [9.17, 15) is 18.5 Å². The average molecular weight is 1490 g/mol. The van der Waals surface area contributed by atoms with Gasteiger partial charge in [0.05, 0.1) is 40.4 Å². The molecule has 0 fully saturated rings. The lowest BCUT2D eigenvalue weighted by atomic mass is 10.2. The van der Waals surface area contributed by atoms with Gasteiger partial charge >= 0.3 is 5.00 Å². The highest BCUT2D eigenvalue weighted by Crippen LogP contribution is 2.42. The van der Waals surface area contributed by atoms with Gasteiger partial charge in [0.15, 0.2) is 9.84 Å². The van der Waals surface area contributed by atoms with Gasteiger partial charge in [0.1, 0.15) is 15.2 Å². The molecule has 12 aromatic heterocycles. The molecule has 0 radical (unpaired) electrons. The van der Waals surface area contributed by atoms with Crippen molar-refractivity contribution in [3.8, 4) is 6.07 Å². The molecule has 0 bridgehead atoms. The molecular weight excluding hydrogens is 1420 g/mol. The number of nitrogens with zero attached hydrogens (tertiary/aromatic N) is 2. The summed E-state index contributed by atoms with van der Waals surface area (Å²) in [5.41, 5.74) is 5.62. The average Bonchev–Trinajstić information content (AvgIpc) is 4.27. The summed E-state index contributed by atoms with van der Waals surface area (Å²) < 4.78 is 34.1. The maximum atomic E-state index is 11.1. The second-order valence-electron chi connectivity index (χ2n) is 14.1. The number of thiophene rings is 12. The number of hydrogen-bond donors (Lipinski definition) is 0. The first-order chi connectivity index (χ1) is 37.3. The Balaban J connectivity index is 0.000000450. The largest absolute Gasteiger partial charge is 0.326 e. The van der Waals surface area contributed by atoms with E-state index >= 15 is 0 Å². The second-order valence-corrected chi connectivity index (χ2v) is 34.2. The molecular formula is C56H69Br3N2O4S13. The summed E-state index contributed by atoms with van der Waals surface area (Å²) in [4.78, 5) is 13.6. The van der Waals surface area contributed by atoms with Crippen LogP contribution < -0.4 is 0 Å². The van der Waals surface area contributed by atoms with Crippen LogP contribution in [0.3, 0.4) is 0 Å². The molecule has 0 aliphatic heterocycles. The summed E-state index contributed by atoms with van der Waals surface area (Å²) in [5.74, 6) is 0. The van der Waals surface area contributed by atoms with Gasteiger partial charge in [-0.15, -0.1) is 125 Å². The maximum absolute atomic E-state index is 11.1. The Hall–Kier alpha value is -1.76. The molecule has 12 aromatic rings. The predicted molar refractivity (Wildman–Crippen MR) is 382 cm³/mol. The van der Waals surface area contributed by atoms with Crippen LogP contribution in [0.2, 0.25) is 0 Å². The fourth-order valence-electron chi connectivity index (χ4n) is 5.97. The van der Waals surface area contributed by atoms with Crippen molar-refractivity contribution in [3.63, 3.8) is 0 Å². The number of sulfone groups is 1. The van der Waals surface area contributed by atoms with Crippen LogP contribution in [0, 0.1) is 63.0 Å². The lowest BCUT2D eigenvalue weighted by Gasteiger charge is -1.87. The number of halogens is 3. The van der Waals surface area contributed by atoms with Gasteiger partial charge in [0.2, 0.25) is 0 Å². The molecule has 22 heteroatoms. The van der Waals surface area contributed by atoms with Crippen molar-refractivity contribution in [2.24, 2.45) is 0 Å². The molecule has 0 spiro atoms. The Morgan fingerprint density at radius 1 is 0.526 bits per heavy atom. The molecule has 78 heavy (non-hydrogen) atoms. The smallest absolute Gasteiger partial charge is 0.258 e. The van der Waals surface area contributed by atoms with Crippen molar-refractivity contribution in [1.29, 1.82) is 5.26 Å². The zero-order valence-corrected chi connectivity index (χ0v) is 62.8. The molecule has 12 heterocycles. The van der Waals surface area contributed by atoms with Crippen molar-refractivity contribution in [1.82, 2.24) is 0 Å². The number of nitro groups is 1. The van der Waals surface area contributed by atoms with Crippen LogP contribution in [0.4, 0.5) is 5.00 Å². The fraction of sp³-hybridized carbons (Fsp3) is 0.339. The molecule has 0 N–H and O–H groups in total. The molecule has 0 aromatic carbocycles. The number of hydrogen-bond acceptors (Lipinski definition) is 17. The van der Waals surface area contributed by atoms with E-state index in [-0.39, 0.29) is 9.92 Å². The lowest BCUT2D eigenvalue weighted by molar-refractivity contribution is -0.380. The Morgan fingerprint density at radius 2 is 1.00 bits per heavy atom. The van der Waals surface area contributed by atoms with E-state index in [4.69, 9.17) is 5.26 Å². The number of nitriles is 1. The van der Waals surface area contributed by atoms with E-state index in [1.54, 1.807) is 46.1 Å². The Morgan fingerprint density at radius 3 is 1.46 bits per heavy atom. The van der Waals surface area contributed by atoms with Crippen LogP contribution in [-0.2, 0) is 9.84 Å². The van der Waals surface area contributed by atoms with Crippen molar-refractivity contribution in [3.05, 3.63) is 128 Å². The Labute approximate surface area is 536 Å². The summed E-state index contributed by atoms with van der Waals surface area (Å²) in [5, 5.41) is 34.7. The van der Waals surface area contributed by atoms with Gasteiger partial charge in [-0.2, -0.15) is 5.26 Å². The van der Waals surface area contributed by atoms with E-state index in [1.807, 2.05) is 192 Å². The van der Waals surface area contributed by atoms with Crippen LogP contribution >= 0.6 is 184 Å². The van der Waals surface area contributed by atoms with Gasteiger partial charge in [-0.25, -0.2) is 8.42 Å². The standard InChI is InChI=1S/3C8H7BrS2.C7H3NS2.C7H6O2S3.C6H3NO2S2.6C2H6/c1-4-5(2)10-8-6(4)3-7(9)11-8;1-4-3-10-8-6(4)5(2)7(9)11-8;1-4-3-6-5(2)7(9)11-8(6)10-4;8-4-6-3-5-1-2-9-7(5)10-6;1-12(8,9)6-4-5-2-3-10-7(5)11-6;8-7(9)5-3-4-1-2-10-6(4)11-5;6*1-2/h3*3H,1-2H3;1-3H;2-4H,1H3;1-3H;6*1-2H3. The van der Waals surface area contributed by atoms with E-state index < -0.39 is 9.84 Å². The van der Waals surface area contributed by atoms with Crippen LogP contribution in [0.1, 0.15) is 120 Å².